The van der Waals surface area contributed by atoms with E-state index in [1.54, 1.807) is 13.8 Å². The molecule has 0 saturated carbocycles. The Kier molecular flexibility index (Phi) is 5.77. The number of carbonyl (C=O) groups excluding carboxylic acids is 2. The Bertz CT molecular complexity index is 729. The molecule has 1 aliphatic heterocycles. The van der Waals surface area contributed by atoms with E-state index >= 15 is 0 Å². The summed E-state index contributed by atoms with van der Waals surface area (Å²) in [6.45, 7) is 7.79. The molecule has 134 valence electrons. The predicted molar refractivity (Wildman–Crippen MR) is 96.6 cm³/mol. The zero-order chi connectivity index (χ0) is 18.7. The molecular weight excluding hydrogens is 318 g/mol. The third kappa shape index (κ3) is 3.65. The summed E-state index contributed by atoms with van der Waals surface area (Å²) < 4.78 is 9.93. The normalized spacial score (nSPS) is 20.4. The Balaban J connectivity index is 2.61. The summed E-state index contributed by atoms with van der Waals surface area (Å²) in [5.74, 6) is -1.60. The largest absolute Gasteiger partial charge is 0.468 e. The molecule has 0 bridgehead atoms. The van der Waals surface area contributed by atoms with Crippen molar-refractivity contribution in [1.29, 1.82) is 0 Å². The highest BCUT2D eigenvalue weighted by molar-refractivity contribution is 6.06. The van der Waals surface area contributed by atoms with E-state index in [2.05, 4.69) is 18.8 Å². The Hall–Kier alpha value is -2.43. The smallest absolute Gasteiger partial charge is 0.336 e. The maximum atomic E-state index is 12.4. The minimum Gasteiger partial charge on any atom is -0.468 e. The van der Waals surface area contributed by atoms with Crippen molar-refractivity contribution >= 4 is 17.7 Å². The molecule has 1 aromatic rings. The van der Waals surface area contributed by atoms with Crippen LogP contribution in [0.4, 0.5) is 0 Å². The first-order chi connectivity index (χ1) is 11.8. The first kappa shape index (κ1) is 18.9. The fourth-order valence-corrected chi connectivity index (χ4v) is 3.29. The van der Waals surface area contributed by atoms with Gasteiger partial charge in [0.2, 0.25) is 0 Å². The van der Waals surface area contributed by atoms with Crippen LogP contribution in [0.25, 0.3) is 0 Å². The van der Waals surface area contributed by atoms with Crippen molar-refractivity contribution in [2.75, 3.05) is 14.2 Å². The van der Waals surface area contributed by atoms with E-state index in [0.717, 1.165) is 5.56 Å². The molecule has 0 N–H and O–H groups in total. The monoisotopic (exact) mass is 343 g/mol. The van der Waals surface area contributed by atoms with Crippen LogP contribution in [0.1, 0.15) is 50.7 Å². The molecule has 0 radical (unpaired) electrons. The number of carbonyl (C=O) groups is 2. The Morgan fingerprint density at radius 1 is 1.04 bits per heavy atom. The van der Waals surface area contributed by atoms with Crippen LogP contribution < -0.4 is 0 Å². The summed E-state index contributed by atoms with van der Waals surface area (Å²) >= 11 is 0. The molecule has 0 spiro atoms. The van der Waals surface area contributed by atoms with Crippen LogP contribution in [0.5, 0.6) is 0 Å². The molecule has 1 aromatic carbocycles. The molecular formula is C20H25NO4. The summed E-state index contributed by atoms with van der Waals surface area (Å²) in [6.07, 6.45) is 0. The van der Waals surface area contributed by atoms with Crippen molar-refractivity contribution in [3.05, 3.63) is 46.7 Å². The van der Waals surface area contributed by atoms with Gasteiger partial charge in [-0.1, -0.05) is 38.1 Å². The van der Waals surface area contributed by atoms with Crippen LogP contribution >= 0.6 is 0 Å². The van der Waals surface area contributed by atoms with E-state index in [-0.39, 0.29) is 0 Å². The highest BCUT2D eigenvalue weighted by Gasteiger charge is 2.41. The quantitative estimate of drug-likeness (QED) is 0.784. The van der Waals surface area contributed by atoms with Crippen LogP contribution in [-0.2, 0) is 19.1 Å². The second-order valence-electron chi connectivity index (χ2n) is 6.54. The average Bonchev–Trinajstić information content (AvgIpc) is 2.60. The summed E-state index contributed by atoms with van der Waals surface area (Å²) in [5.41, 5.74) is 3.67. The van der Waals surface area contributed by atoms with E-state index in [0.29, 0.717) is 22.9 Å². The first-order valence-corrected chi connectivity index (χ1v) is 8.33. The number of benzene rings is 1. The minimum absolute atomic E-state index is 0.400. The summed E-state index contributed by atoms with van der Waals surface area (Å²) in [4.78, 5) is 29.2. The highest BCUT2D eigenvalue weighted by Crippen LogP contribution is 2.40. The lowest BCUT2D eigenvalue weighted by atomic mass is 9.75. The van der Waals surface area contributed by atoms with Crippen molar-refractivity contribution in [1.82, 2.24) is 0 Å². The molecule has 0 fully saturated rings. The Morgan fingerprint density at radius 2 is 1.64 bits per heavy atom. The van der Waals surface area contributed by atoms with Crippen molar-refractivity contribution in [2.45, 2.75) is 39.5 Å². The Labute approximate surface area is 148 Å². The zero-order valence-corrected chi connectivity index (χ0v) is 15.6. The number of esters is 2. The lowest BCUT2D eigenvalue weighted by Gasteiger charge is -2.31. The fraction of sp³-hybridized carbons (Fsp3) is 0.450. The molecule has 1 aliphatic rings. The number of hydrogen-bond acceptors (Lipinski definition) is 5. The molecule has 5 nitrogen and oxygen atoms in total. The average molecular weight is 343 g/mol. The predicted octanol–water partition coefficient (Wildman–Crippen LogP) is 3.60. The van der Waals surface area contributed by atoms with Crippen molar-refractivity contribution < 1.29 is 19.1 Å². The molecule has 0 saturated heterocycles. The van der Waals surface area contributed by atoms with Gasteiger partial charge in [-0.25, -0.2) is 4.79 Å². The standard InChI is InChI=1S/C20H25NO4/c1-11(2)14-7-9-15(10-8-14)18-16(19(22)24-5)12(3)21-13(4)17(18)20(23)25-6/h7-11,16,18H,1-6H3/t16?,18-/m0/s1. The van der Waals surface area contributed by atoms with Gasteiger partial charge >= 0.3 is 11.9 Å². The van der Waals surface area contributed by atoms with Gasteiger partial charge in [-0.15, -0.1) is 0 Å². The number of nitrogens with zero attached hydrogens (tertiary/aromatic N) is 1. The van der Waals surface area contributed by atoms with Gasteiger partial charge < -0.3 is 9.47 Å². The molecule has 25 heavy (non-hydrogen) atoms. The van der Waals surface area contributed by atoms with Crippen molar-refractivity contribution in [3.8, 4) is 0 Å². The van der Waals surface area contributed by atoms with Gasteiger partial charge in [0.05, 0.1) is 19.8 Å². The third-order valence-electron chi connectivity index (χ3n) is 4.65. The van der Waals surface area contributed by atoms with Gasteiger partial charge in [0.25, 0.3) is 0 Å². The van der Waals surface area contributed by atoms with Crippen molar-refractivity contribution in [2.24, 2.45) is 10.9 Å². The van der Waals surface area contributed by atoms with Crippen molar-refractivity contribution in [3.63, 3.8) is 0 Å². The maximum absolute atomic E-state index is 12.4. The van der Waals surface area contributed by atoms with Gasteiger partial charge in [0.15, 0.2) is 0 Å². The van der Waals surface area contributed by atoms with Crippen LogP contribution in [0.2, 0.25) is 0 Å². The van der Waals surface area contributed by atoms with Gasteiger partial charge in [0, 0.05) is 17.3 Å². The van der Waals surface area contributed by atoms with E-state index < -0.39 is 23.8 Å². The van der Waals surface area contributed by atoms with Crippen LogP contribution in [0, 0.1) is 5.92 Å². The van der Waals surface area contributed by atoms with Crippen LogP contribution in [0.3, 0.4) is 0 Å². The third-order valence-corrected chi connectivity index (χ3v) is 4.65. The number of methoxy groups -OCH3 is 2. The second kappa shape index (κ2) is 7.64. The van der Waals surface area contributed by atoms with E-state index in [1.165, 1.54) is 19.8 Å². The molecule has 0 amide bonds. The maximum Gasteiger partial charge on any atom is 0.336 e. The molecule has 5 heteroatoms. The molecule has 2 rings (SSSR count). The van der Waals surface area contributed by atoms with Crippen LogP contribution in [-0.4, -0.2) is 31.9 Å². The number of ether oxygens (including phenoxy) is 2. The van der Waals surface area contributed by atoms with Gasteiger partial charge in [0.1, 0.15) is 5.92 Å². The molecule has 1 heterocycles. The summed E-state index contributed by atoms with van der Waals surface area (Å²) in [7, 11) is 2.68. The van der Waals surface area contributed by atoms with Gasteiger partial charge in [-0.3, -0.25) is 9.79 Å². The number of hydrogen-bond donors (Lipinski definition) is 0. The Morgan fingerprint density at radius 3 is 2.12 bits per heavy atom. The number of rotatable bonds is 4. The SMILES string of the molecule is COC(=O)C1=C(C)N=C(C)C(C(=O)OC)[C@@H]1c1ccc(C(C)C)cc1. The highest BCUT2D eigenvalue weighted by atomic mass is 16.5. The molecule has 2 atom stereocenters. The van der Waals surface area contributed by atoms with E-state index in [1.807, 2.05) is 24.3 Å². The lowest BCUT2D eigenvalue weighted by molar-refractivity contribution is -0.143. The van der Waals surface area contributed by atoms with Crippen LogP contribution in [0.15, 0.2) is 40.5 Å². The fourth-order valence-electron chi connectivity index (χ4n) is 3.29. The molecule has 0 aliphatic carbocycles. The number of aliphatic imine (C=N–C) groups is 1. The summed E-state index contributed by atoms with van der Waals surface area (Å²) in [5, 5.41) is 0. The van der Waals surface area contributed by atoms with E-state index in [4.69, 9.17) is 9.47 Å². The second-order valence-corrected chi connectivity index (χ2v) is 6.54. The van der Waals surface area contributed by atoms with Gasteiger partial charge in [-0.05, 0) is 30.9 Å². The first-order valence-electron chi connectivity index (χ1n) is 8.33. The minimum atomic E-state index is -0.646. The lowest BCUT2D eigenvalue weighted by Crippen LogP contribution is -2.36. The molecule has 0 aromatic heterocycles. The number of allylic oxidation sites excluding steroid dienone is 1. The molecule has 1 unspecified atom stereocenters. The van der Waals surface area contributed by atoms with E-state index in [9.17, 15) is 9.59 Å². The zero-order valence-electron chi connectivity index (χ0n) is 15.6. The summed E-state index contributed by atoms with van der Waals surface area (Å²) in [6, 6.07) is 7.98. The topological polar surface area (TPSA) is 65.0 Å². The van der Waals surface area contributed by atoms with Gasteiger partial charge in [-0.2, -0.15) is 0 Å².